The second-order valence-electron chi connectivity index (χ2n) is 33.1. The molecule has 14 heteroatoms. The monoisotopic (exact) mass is 1610 g/mol. The maximum absolute atomic E-state index is 4.25. The van der Waals surface area contributed by atoms with Crippen LogP contribution < -0.4 is 0 Å². The van der Waals surface area contributed by atoms with Crippen molar-refractivity contribution in [2.75, 3.05) is 0 Å². The summed E-state index contributed by atoms with van der Waals surface area (Å²) >= 11 is 3.60. The predicted molar refractivity (Wildman–Crippen MR) is 517 cm³/mol. The molecule has 113 heavy (non-hydrogen) atoms. The van der Waals surface area contributed by atoms with Crippen LogP contribution in [0.2, 0.25) is 0 Å². The van der Waals surface area contributed by atoms with Crippen LogP contribution in [0.5, 0.6) is 0 Å². The number of pyridine rings is 3. The van der Waals surface area contributed by atoms with E-state index in [-0.39, 0.29) is 37.9 Å². The van der Waals surface area contributed by atoms with Gasteiger partial charge in [-0.15, -0.1) is 11.3 Å². The van der Waals surface area contributed by atoms with Gasteiger partial charge in [0.05, 0.1) is 6.33 Å². The molecule has 0 fully saturated rings. The van der Waals surface area contributed by atoms with Crippen LogP contribution in [0.4, 0.5) is 0 Å². The first-order valence-electron chi connectivity index (χ1n) is 42.5. The van der Waals surface area contributed by atoms with E-state index in [1.165, 1.54) is 44.2 Å². The van der Waals surface area contributed by atoms with E-state index in [0.29, 0.717) is 16.2 Å². The molecule has 10 aromatic heterocycles. The number of H-pyrrole nitrogens is 5. The fourth-order valence-corrected chi connectivity index (χ4v) is 9.04. The number of imidazole rings is 2. The van der Waals surface area contributed by atoms with Crippen LogP contribution in [0.15, 0.2) is 176 Å². The highest BCUT2D eigenvalue weighted by Gasteiger charge is 2.19. The lowest BCUT2D eigenvalue weighted by molar-refractivity contribution is 0.552. The Bertz CT molecular complexity index is 2750. The molecule has 5 N–H and O–H groups in total. The van der Waals surface area contributed by atoms with Crippen LogP contribution in [0.25, 0.3) is 0 Å². The lowest BCUT2D eigenvalue weighted by atomic mass is 9.88. The molecule has 0 radical (unpaired) electrons. The van der Waals surface area contributed by atoms with Gasteiger partial charge >= 0.3 is 0 Å². The van der Waals surface area contributed by atoms with Gasteiger partial charge in [-0.25, -0.2) is 9.97 Å². The molecular weight excluding hydrogens is 1420 g/mol. The molecule has 10 heterocycles. The largest absolute Gasteiger partial charge is 0.367 e. The Balaban J connectivity index is -0.000000127. The lowest BCUT2D eigenvalue weighted by Gasteiger charge is -2.17. The smallest absolute Gasteiger partial charge is 0.111 e. The minimum atomic E-state index is 0.156. The summed E-state index contributed by atoms with van der Waals surface area (Å²) in [5, 5.41) is 20.0. The minimum absolute atomic E-state index is 0.156. The highest BCUT2D eigenvalue weighted by molar-refractivity contribution is 7.10. The van der Waals surface area contributed by atoms with Gasteiger partial charge in [0.15, 0.2) is 0 Å². The van der Waals surface area contributed by atoms with E-state index in [9.17, 15) is 0 Å². The average Bonchev–Trinajstić information content (AvgIpc) is 1.75. The van der Waals surface area contributed by atoms with Crippen LogP contribution in [0, 0.1) is 0 Å². The van der Waals surface area contributed by atoms with Crippen molar-refractivity contribution in [2.24, 2.45) is 0 Å². The predicted octanol–water partition coefficient (Wildman–Crippen LogP) is 32.6. The minimum Gasteiger partial charge on any atom is -0.367 e. The van der Waals surface area contributed by atoms with E-state index in [1.54, 1.807) is 42.5 Å². The van der Waals surface area contributed by atoms with Crippen LogP contribution in [0.3, 0.4) is 0 Å². The number of aromatic amines is 5. The van der Waals surface area contributed by atoms with Crippen LogP contribution in [-0.2, 0) is 54.1 Å². The first-order chi connectivity index (χ1) is 52.6. The molecule has 0 spiro atoms. The van der Waals surface area contributed by atoms with Crippen molar-refractivity contribution in [3.05, 3.63) is 231 Å². The number of aromatic nitrogens is 12. The Labute approximate surface area is 710 Å². The first-order valence-corrected chi connectivity index (χ1v) is 44.3. The molecule has 0 aromatic carbocycles. The molecule has 10 aromatic rings. The maximum Gasteiger partial charge on any atom is 0.111 e. The number of nitrogens with one attached hydrogen (secondary N) is 5. The SMILES string of the molecule is CC.CC.CC.CC.CC.CC.CC.CC.CC.CC.CC(C)(C)c1cc[nH]c1.CC(C)(C)c1ccccn1.CC(C)(C)c1cccnc1.CC(C)(C)c1cccs1.CC(C)(C)c1ccn[nH]1.CC(C)(C)c1ccn[nH]1.CC(C)(C)c1ccncc1.CC(C)(C)c1ccsc1.CC(C)(C)c1cnc[nH]1.CC(C)(C)c1ncc[nH]1. The molecule has 10 rings (SSSR count). The van der Waals surface area contributed by atoms with Crippen molar-refractivity contribution in [3.63, 3.8) is 0 Å². The Morgan fingerprint density at radius 1 is 0.283 bits per heavy atom. The molecule has 0 aliphatic carbocycles. The number of rotatable bonds is 0. The Kier molecular flexibility index (Phi) is 80.2. The fourth-order valence-electron chi connectivity index (χ4n) is 7.34. The maximum atomic E-state index is 4.25. The number of hydrogen-bond acceptors (Lipinski definition) is 9. The first kappa shape index (κ1) is 127. The van der Waals surface area contributed by atoms with E-state index >= 15 is 0 Å². The van der Waals surface area contributed by atoms with E-state index in [2.05, 4.69) is 333 Å². The van der Waals surface area contributed by atoms with Crippen molar-refractivity contribution in [1.82, 2.24) is 60.3 Å². The summed E-state index contributed by atoms with van der Waals surface area (Å²) in [6.45, 7) is 105. The summed E-state index contributed by atoms with van der Waals surface area (Å²) < 4.78 is 0. The van der Waals surface area contributed by atoms with Crippen molar-refractivity contribution < 1.29 is 0 Å². The molecule has 12 nitrogen and oxygen atoms in total. The van der Waals surface area contributed by atoms with Gasteiger partial charge in [-0.05, 0) is 126 Å². The van der Waals surface area contributed by atoms with E-state index in [4.69, 9.17) is 0 Å². The lowest BCUT2D eigenvalue weighted by Crippen LogP contribution is -2.12. The molecular formula is C99H184N12S2. The average molecular weight is 1610 g/mol. The van der Waals surface area contributed by atoms with Crippen molar-refractivity contribution in [2.45, 2.75) is 400 Å². The van der Waals surface area contributed by atoms with Crippen LogP contribution >= 0.6 is 22.7 Å². The van der Waals surface area contributed by atoms with E-state index in [1.807, 2.05) is 230 Å². The van der Waals surface area contributed by atoms with E-state index < -0.39 is 0 Å². The molecule has 0 aliphatic heterocycles. The molecule has 652 valence electrons. The Morgan fingerprint density at radius 3 is 0.920 bits per heavy atom. The van der Waals surface area contributed by atoms with Crippen LogP contribution in [0.1, 0.15) is 402 Å². The quantitative estimate of drug-likeness (QED) is 0.101. The molecule has 0 amide bonds. The summed E-state index contributed by atoms with van der Waals surface area (Å²) in [6.07, 6.45) is 24.0. The third-order valence-corrected chi connectivity index (χ3v) is 15.7. The van der Waals surface area contributed by atoms with Gasteiger partial charge in [-0.1, -0.05) is 364 Å². The third-order valence-electron chi connectivity index (χ3n) is 13.8. The fraction of sp³-hybridized carbons (Fsp3) is 0.606. The van der Waals surface area contributed by atoms with Gasteiger partial charge in [0.1, 0.15) is 5.82 Å². The Hall–Kier alpha value is -7.03. The summed E-state index contributed by atoms with van der Waals surface area (Å²) in [4.78, 5) is 31.0. The molecule has 0 aliphatic rings. The number of thiophene rings is 2. The normalized spacial score (nSPS) is 10.2. The molecule has 0 atom stereocenters. The second-order valence-corrected chi connectivity index (χ2v) is 34.9. The van der Waals surface area contributed by atoms with Gasteiger partial charge < -0.3 is 15.0 Å². The number of nitrogens with zero attached hydrogens (tertiary/aromatic N) is 7. The van der Waals surface area contributed by atoms with Crippen molar-refractivity contribution in [3.8, 4) is 0 Å². The van der Waals surface area contributed by atoms with Gasteiger partial charge in [-0.2, -0.15) is 21.5 Å². The summed E-state index contributed by atoms with van der Waals surface area (Å²) in [6, 6.07) is 26.8. The summed E-state index contributed by atoms with van der Waals surface area (Å²) in [5.41, 5.74) is 12.5. The van der Waals surface area contributed by atoms with Gasteiger partial charge in [0.25, 0.3) is 0 Å². The van der Waals surface area contributed by atoms with Crippen LogP contribution in [-0.4, -0.2) is 60.3 Å². The Morgan fingerprint density at radius 2 is 0.735 bits per heavy atom. The standard InChI is InChI=1S/3C9H13N.C8H13N.2C8H12S.4C7H12N2.10C2H6/c1-9(2,3)8-4-6-10-7-5-8;1-9(2,3)8-5-4-6-10-7-8;1-9(2,3)8-6-4-5-7-10-8;2*1-8(2,3)7-4-5-9-6-7;1-8(2,3)7-5-4-6-9-7;1-7(2,3)6-4-8-5-9-6;1-7(2,3)6-8-4-5-9-6;2*1-7(2,3)6-4-5-8-9-6;10*1-2/h3*4-7H,1-3H3;4-6,9H,1-3H3;2*4-6H,1-3H3;4*4-5H,1-3H3,(H,8,9);10*1-2H3. The summed E-state index contributed by atoms with van der Waals surface area (Å²) in [5.74, 6) is 1.04. The highest BCUT2D eigenvalue weighted by Crippen LogP contribution is 2.28. The van der Waals surface area contributed by atoms with Gasteiger partial charge in [-0.3, -0.25) is 25.1 Å². The van der Waals surface area contributed by atoms with Crippen molar-refractivity contribution >= 4 is 22.7 Å². The van der Waals surface area contributed by atoms with Crippen molar-refractivity contribution in [1.29, 1.82) is 0 Å². The molecule has 0 unspecified atom stereocenters. The van der Waals surface area contributed by atoms with Gasteiger partial charge in [0, 0.05) is 129 Å². The van der Waals surface area contributed by atoms with E-state index in [0.717, 1.165) is 11.5 Å². The molecule has 0 saturated carbocycles. The zero-order chi connectivity index (χ0) is 91.2. The molecule has 0 saturated heterocycles. The number of hydrogen-bond donors (Lipinski definition) is 5. The van der Waals surface area contributed by atoms with Gasteiger partial charge in [0.2, 0.25) is 0 Å². The third kappa shape index (κ3) is 70.1. The zero-order valence-corrected chi connectivity index (χ0v) is 84.8. The zero-order valence-electron chi connectivity index (χ0n) is 83.2. The highest BCUT2D eigenvalue weighted by atomic mass is 32.1. The molecule has 0 bridgehead atoms. The summed E-state index contributed by atoms with van der Waals surface area (Å²) in [7, 11) is 0. The topological polar surface area (TPSA) is 169 Å². The second kappa shape index (κ2) is 71.5.